The summed E-state index contributed by atoms with van der Waals surface area (Å²) in [5.74, 6) is 1.00. The maximum atomic E-state index is 6.63. The molecule has 150 valence electrons. The second-order valence-corrected chi connectivity index (χ2v) is 9.44. The van der Waals surface area contributed by atoms with Gasteiger partial charge in [0.15, 0.2) is 0 Å². The fraction of sp³-hybridized carbons (Fsp3) is 0.400. The van der Waals surface area contributed by atoms with E-state index in [0.29, 0.717) is 34.8 Å². The molecule has 4 N–H and O–H groups in total. The molecule has 8 heteroatoms. The number of halogens is 2. The summed E-state index contributed by atoms with van der Waals surface area (Å²) in [7, 11) is 0. The number of rotatable bonds is 8. The van der Waals surface area contributed by atoms with E-state index in [1.807, 2.05) is 0 Å². The Bertz CT molecular complexity index is 966. The number of aliphatic imine (C=N–C) groups is 2. The maximum Gasteiger partial charge on any atom is 0.137 e. The quantitative estimate of drug-likeness (QED) is 0.233. The number of unbranched alkanes of at least 4 members (excludes halogenated alkanes) is 2. The fourth-order valence-corrected chi connectivity index (χ4v) is 5.74. The van der Waals surface area contributed by atoms with Crippen LogP contribution in [0.2, 0.25) is 10.0 Å². The Morgan fingerprint density at radius 2 is 1.21 bits per heavy atom. The van der Waals surface area contributed by atoms with E-state index in [-0.39, 0.29) is 0 Å². The van der Waals surface area contributed by atoms with E-state index in [9.17, 15) is 0 Å². The Kier molecular flexibility index (Phi) is 7.20. The first kappa shape index (κ1) is 21.4. The first-order valence-corrected chi connectivity index (χ1v) is 11.8. The first-order valence-electron chi connectivity index (χ1n) is 9.42. The lowest BCUT2D eigenvalue weighted by atomic mass is 10.2. The van der Waals surface area contributed by atoms with E-state index in [4.69, 9.17) is 34.7 Å². The molecule has 28 heavy (non-hydrogen) atoms. The van der Waals surface area contributed by atoms with Crippen LogP contribution >= 0.6 is 45.9 Å². The van der Waals surface area contributed by atoms with Gasteiger partial charge in [0.1, 0.15) is 11.7 Å². The number of fused-ring (bicyclic) bond motifs is 2. The van der Waals surface area contributed by atoms with Crippen molar-refractivity contribution in [2.24, 2.45) is 21.5 Å². The van der Waals surface area contributed by atoms with Crippen molar-refractivity contribution >= 4 is 77.7 Å². The number of amidine groups is 2. The Morgan fingerprint density at radius 3 is 1.57 bits per heavy atom. The van der Waals surface area contributed by atoms with Crippen LogP contribution in [-0.2, 0) is 0 Å². The molecule has 4 nitrogen and oxygen atoms in total. The molecule has 0 unspecified atom stereocenters. The zero-order valence-electron chi connectivity index (χ0n) is 16.0. The van der Waals surface area contributed by atoms with Crippen molar-refractivity contribution in [2.45, 2.75) is 39.5 Å². The Balaban J connectivity index is 2.02. The summed E-state index contributed by atoms with van der Waals surface area (Å²) in [5, 5.41) is 3.23. The van der Waals surface area contributed by atoms with Gasteiger partial charge in [-0.15, -0.1) is 22.7 Å². The van der Waals surface area contributed by atoms with E-state index in [1.54, 1.807) is 22.7 Å². The van der Waals surface area contributed by atoms with Gasteiger partial charge in [0, 0.05) is 33.3 Å². The molecule has 2 aromatic heterocycles. The molecule has 0 aliphatic heterocycles. The molecule has 0 fully saturated rings. The molecule has 2 heterocycles. The molecular formula is C20H24Cl2N4S2. The van der Waals surface area contributed by atoms with Crippen LogP contribution in [0.15, 0.2) is 22.1 Å². The van der Waals surface area contributed by atoms with Crippen molar-refractivity contribution in [1.29, 1.82) is 0 Å². The van der Waals surface area contributed by atoms with Gasteiger partial charge < -0.3 is 11.5 Å². The third kappa shape index (κ3) is 4.30. The summed E-state index contributed by atoms with van der Waals surface area (Å²) in [5.41, 5.74) is 12.3. The molecule has 3 rings (SSSR count). The molecule has 3 aromatic rings. The van der Waals surface area contributed by atoms with Gasteiger partial charge in [0.05, 0.1) is 19.8 Å². The second-order valence-electron chi connectivity index (χ2n) is 6.58. The summed E-state index contributed by atoms with van der Waals surface area (Å²) >= 11 is 16.4. The lowest BCUT2D eigenvalue weighted by Gasteiger charge is -1.98. The molecule has 0 saturated heterocycles. The van der Waals surface area contributed by atoms with Gasteiger partial charge in [-0.3, -0.25) is 9.98 Å². The Morgan fingerprint density at radius 1 is 0.821 bits per heavy atom. The molecular weight excluding hydrogens is 431 g/mol. The van der Waals surface area contributed by atoms with Gasteiger partial charge in [-0.25, -0.2) is 0 Å². The molecule has 0 aliphatic rings. The normalized spacial score (nSPS) is 13.1. The Labute approximate surface area is 183 Å². The van der Waals surface area contributed by atoms with Crippen LogP contribution in [0.3, 0.4) is 0 Å². The van der Waals surface area contributed by atoms with Gasteiger partial charge in [-0.2, -0.15) is 0 Å². The molecule has 0 radical (unpaired) electrons. The second kappa shape index (κ2) is 9.44. The smallest absolute Gasteiger partial charge is 0.137 e. The molecule has 0 bridgehead atoms. The van der Waals surface area contributed by atoms with Crippen LogP contribution in [0.1, 0.15) is 49.3 Å². The third-order valence-corrected chi connectivity index (χ3v) is 7.79. The molecule has 0 aliphatic carbocycles. The highest BCUT2D eigenvalue weighted by atomic mass is 35.5. The van der Waals surface area contributed by atoms with Crippen LogP contribution in [0, 0.1) is 0 Å². The molecule has 1 aromatic carbocycles. The van der Waals surface area contributed by atoms with Crippen molar-refractivity contribution in [3.8, 4) is 0 Å². The largest absolute Gasteiger partial charge is 0.383 e. The third-order valence-electron chi connectivity index (χ3n) is 4.43. The SMILES string of the molecule is CCCCN=C(N)c1sc2cc3c(Cl)c(C(N)=NCCCC)sc3cc2c1Cl. The topological polar surface area (TPSA) is 76.8 Å². The molecule has 0 saturated carbocycles. The minimum absolute atomic E-state index is 0.502. The van der Waals surface area contributed by atoms with Gasteiger partial charge in [0.25, 0.3) is 0 Å². The summed E-state index contributed by atoms with van der Waals surface area (Å²) < 4.78 is 2.07. The van der Waals surface area contributed by atoms with Gasteiger partial charge >= 0.3 is 0 Å². The maximum absolute atomic E-state index is 6.63. The number of benzene rings is 1. The number of hydrogen-bond donors (Lipinski definition) is 2. The zero-order valence-corrected chi connectivity index (χ0v) is 19.2. The van der Waals surface area contributed by atoms with Crippen LogP contribution in [0.25, 0.3) is 20.2 Å². The molecule has 0 atom stereocenters. The lowest BCUT2D eigenvalue weighted by molar-refractivity contribution is 0.807. The highest BCUT2D eigenvalue weighted by molar-refractivity contribution is 7.23. The highest BCUT2D eigenvalue weighted by Gasteiger charge is 2.18. The highest BCUT2D eigenvalue weighted by Crippen LogP contribution is 2.43. The van der Waals surface area contributed by atoms with Crippen LogP contribution in [-0.4, -0.2) is 24.8 Å². The van der Waals surface area contributed by atoms with E-state index in [1.165, 1.54) is 0 Å². The van der Waals surface area contributed by atoms with E-state index in [2.05, 4.69) is 36.0 Å². The average Bonchev–Trinajstić information content (AvgIpc) is 3.18. The zero-order chi connectivity index (χ0) is 20.3. The predicted molar refractivity (Wildman–Crippen MR) is 128 cm³/mol. The summed E-state index contributed by atoms with van der Waals surface area (Å²) in [6, 6.07) is 4.12. The number of nitrogens with two attached hydrogens (primary N) is 2. The van der Waals surface area contributed by atoms with Crippen molar-refractivity contribution in [1.82, 2.24) is 0 Å². The van der Waals surface area contributed by atoms with Crippen LogP contribution < -0.4 is 11.5 Å². The first-order chi connectivity index (χ1) is 13.5. The standard InChI is InChI=1S/C20H24Cl2N4S2/c1-3-5-7-25-19(23)17-15(21)11-9-14-12(10-13(11)27-17)16(22)18(28-14)20(24)26-8-6-4-2/h9-10H,3-8H2,1-2H3,(H2,23,25)(H2,24,26). The van der Waals surface area contributed by atoms with Crippen LogP contribution in [0.4, 0.5) is 0 Å². The van der Waals surface area contributed by atoms with E-state index in [0.717, 1.165) is 55.6 Å². The van der Waals surface area contributed by atoms with E-state index < -0.39 is 0 Å². The predicted octanol–water partition coefficient (Wildman–Crippen LogP) is 6.43. The van der Waals surface area contributed by atoms with Gasteiger partial charge in [-0.05, 0) is 25.0 Å². The van der Waals surface area contributed by atoms with Crippen molar-refractivity contribution in [2.75, 3.05) is 13.1 Å². The molecule has 0 amide bonds. The van der Waals surface area contributed by atoms with Gasteiger partial charge in [-0.1, -0.05) is 49.9 Å². The summed E-state index contributed by atoms with van der Waals surface area (Å²) in [4.78, 5) is 10.5. The van der Waals surface area contributed by atoms with E-state index >= 15 is 0 Å². The van der Waals surface area contributed by atoms with Gasteiger partial charge in [0.2, 0.25) is 0 Å². The summed E-state index contributed by atoms with van der Waals surface area (Å²) in [6.45, 7) is 5.69. The van der Waals surface area contributed by atoms with Crippen molar-refractivity contribution in [3.63, 3.8) is 0 Å². The number of nitrogens with zero attached hydrogens (tertiary/aromatic N) is 2. The summed E-state index contributed by atoms with van der Waals surface area (Å²) in [6.07, 6.45) is 4.19. The van der Waals surface area contributed by atoms with Crippen LogP contribution in [0.5, 0.6) is 0 Å². The van der Waals surface area contributed by atoms with Crippen molar-refractivity contribution in [3.05, 3.63) is 31.9 Å². The monoisotopic (exact) mass is 454 g/mol. The van der Waals surface area contributed by atoms with Crippen molar-refractivity contribution < 1.29 is 0 Å². The number of hydrogen-bond acceptors (Lipinski definition) is 4. The minimum Gasteiger partial charge on any atom is -0.383 e. The molecule has 0 spiro atoms. The Hall–Kier alpha value is -1.34. The lowest BCUT2D eigenvalue weighted by Crippen LogP contribution is -2.12. The fourth-order valence-electron chi connectivity index (χ4n) is 2.81. The number of thiophene rings is 2. The minimum atomic E-state index is 0.502. The average molecular weight is 455 g/mol.